The van der Waals surface area contributed by atoms with Crippen LogP contribution in [-0.4, -0.2) is 27.3 Å². The second-order valence-electron chi connectivity index (χ2n) is 4.57. The van der Waals surface area contributed by atoms with Gasteiger partial charge in [-0.05, 0) is 13.2 Å². The van der Waals surface area contributed by atoms with Gasteiger partial charge < -0.3 is 5.11 Å². The fourth-order valence-corrected chi connectivity index (χ4v) is 1.89. The molecule has 0 bridgehead atoms. The molecule has 5 heteroatoms. The first-order valence-corrected chi connectivity index (χ1v) is 6.16. The number of carboxylic acid groups (broad SMARTS) is 1. The lowest BCUT2D eigenvalue weighted by Crippen LogP contribution is -2.19. The molecule has 0 aliphatic carbocycles. The van der Waals surface area contributed by atoms with E-state index in [4.69, 9.17) is 5.11 Å². The summed E-state index contributed by atoms with van der Waals surface area (Å²) >= 11 is 1.34. The summed E-state index contributed by atoms with van der Waals surface area (Å²) in [7, 11) is 0. The topological polar surface area (TPSA) is 63.1 Å². The summed E-state index contributed by atoms with van der Waals surface area (Å²) in [6.07, 6.45) is 1.82. The molecule has 1 rings (SSSR count). The van der Waals surface area contributed by atoms with Crippen molar-refractivity contribution >= 4 is 17.7 Å². The lowest BCUT2D eigenvalue weighted by Gasteiger charge is -2.18. The summed E-state index contributed by atoms with van der Waals surface area (Å²) < 4.78 is 0. The molecule has 1 aromatic heterocycles. The molecule has 0 aliphatic rings. The zero-order valence-electron chi connectivity index (χ0n) is 10.2. The lowest BCUT2D eigenvalue weighted by molar-refractivity contribution is 0.0690. The van der Waals surface area contributed by atoms with Crippen molar-refractivity contribution in [1.82, 2.24) is 9.97 Å². The Kier molecular flexibility index (Phi) is 3.57. The van der Waals surface area contributed by atoms with Gasteiger partial charge in [-0.3, -0.25) is 0 Å². The molecule has 1 aromatic rings. The number of nitrogens with zero attached hydrogens (tertiary/aromatic N) is 2. The highest BCUT2D eigenvalue weighted by molar-refractivity contribution is 7.98. The number of carbonyl (C=O) groups is 1. The van der Waals surface area contributed by atoms with Crippen molar-refractivity contribution in [2.24, 2.45) is 0 Å². The zero-order chi connectivity index (χ0) is 12.5. The van der Waals surface area contributed by atoms with Crippen LogP contribution in [0.15, 0.2) is 5.03 Å². The molecule has 0 fully saturated rings. The van der Waals surface area contributed by atoms with E-state index in [9.17, 15) is 4.79 Å². The van der Waals surface area contributed by atoms with Crippen LogP contribution in [0, 0.1) is 6.92 Å². The lowest BCUT2D eigenvalue weighted by atomic mass is 9.95. The first-order valence-electron chi connectivity index (χ1n) is 4.93. The van der Waals surface area contributed by atoms with Gasteiger partial charge in [0, 0.05) is 5.41 Å². The average molecular weight is 240 g/mol. The van der Waals surface area contributed by atoms with Crippen LogP contribution < -0.4 is 0 Å². The van der Waals surface area contributed by atoms with Gasteiger partial charge in [-0.25, -0.2) is 14.8 Å². The third kappa shape index (κ3) is 2.52. The van der Waals surface area contributed by atoms with Gasteiger partial charge in [0.15, 0.2) is 0 Å². The maximum atomic E-state index is 11.1. The van der Waals surface area contributed by atoms with Crippen molar-refractivity contribution in [3.05, 3.63) is 17.1 Å². The van der Waals surface area contributed by atoms with Crippen molar-refractivity contribution in [3.8, 4) is 0 Å². The molecule has 1 heterocycles. The maximum absolute atomic E-state index is 11.1. The Labute approximate surface area is 99.5 Å². The van der Waals surface area contributed by atoms with Gasteiger partial charge >= 0.3 is 5.97 Å². The van der Waals surface area contributed by atoms with Crippen molar-refractivity contribution < 1.29 is 9.90 Å². The second-order valence-corrected chi connectivity index (χ2v) is 5.37. The Morgan fingerprint density at radius 3 is 2.25 bits per heavy atom. The van der Waals surface area contributed by atoms with E-state index in [1.54, 1.807) is 6.92 Å². The second kappa shape index (κ2) is 4.41. The number of hydrogen-bond acceptors (Lipinski definition) is 4. The van der Waals surface area contributed by atoms with Gasteiger partial charge in [0.1, 0.15) is 16.4 Å². The fraction of sp³-hybridized carbons (Fsp3) is 0.545. The molecule has 0 radical (unpaired) electrons. The normalized spacial score (nSPS) is 11.6. The minimum Gasteiger partial charge on any atom is -0.478 e. The van der Waals surface area contributed by atoms with Gasteiger partial charge in [-0.15, -0.1) is 11.8 Å². The SMILES string of the molecule is CSc1nc(C(C)(C)C)nc(C)c1C(=O)O. The Hall–Kier alpha value is -1.10. The van der Waals surface area contributed by atoms with Crippen LogP contribution >= 0.6 is 11.8 Å². The highest BCUT2D eigenvalue weighted by Crippen LogP contribution is 2.25. The summed E-state index contributed by atoms with van der Waals surface area (Å²) in [5, 5.41) is 9.61. The summed E-state index contributed by atoms with van der Waals surface area (Å²) in [4.78, 5) is 19.7. The van der Waals surface area contributed by atoms with Crippen LogP contribution in [0.5, 0.6) is 0 Å². The molecule has 0 spiro atoms. The van der Waals surface area contributed by atoms with Crippen LogP contribution in [-0.2, 0) is 5.41 Å². The number of carboxylic acids is 1. The molecule has 0 saturated heterocycles. The summed E-state index contributed by atoms with van der Waals surface area (Å²) in [5.41, 5.74) is 0.559. The first-order chi connectivity index (χ1) is 7.27. The van der Waals surface area contributed by atoms with Crippen molar-refractivity contribution in [3.63, 3.8) is 0 Å². The van der Waals surface area contributed by atoms with Gasteiger partial charge in [0.25, 0.3) is 0 Å². The molecule has 4 nitrogen and oxygen atoms in total. The third-order valence-electron chi connectivity index (χ3n) is 2.13. The van der Waals surface area contributed by atoms with E-state index in [-0.39, 0.29) is 11.0 Å². The van der Waals surface area contributed by atoms with Crippen molar-refractivity contribution in [1.29, 1.82) is 0 Å². The third-order valence-corrected chi connectivity index (χ3v) is 2.82. The Morgan fingerprint density at radius 1 is 1.31 bits per heavy atom. The molecule has 0 amide bonds. The van der Waals surface area contributed by atoms with Crippen LogP contribution in [0.25, 0.3) is 0 Å². The van der Waals surface area contributed by atoms with E-state index in [1.165, 1.54) is 11.8 Å². The zero-order valence-corrected chi connectivity index (χ0v) is 11.0. The van der Waals surface area contributed by atoms with E-state index >= 15 is 0 Å². The molecule has 0 saturated carbocycles. The quantitative estimate of drug-likeness (QED) is 0.635. The van der Waals surface area contributed by atoms with E-state index in [0.717, 1.165) is 0 Å². The highest BCUT2D eigenvalue weighted by atomic mass is 32.2. The Balaban J connectivity index is 3.44. The standard InChI is InChI=1S/C11H16N2O2S/c1-6-7(9(14)15)8(16-5)13-10(12-6)11(2,3)4/h1-5H3,(H,14,15). The molecule has 88 valence electrons. The predicted octanol–water partition coefficient (Wildman–Crippen LogP) is 2.50. The smallest absolute Gasteiger partial charge is 0.340 e. The number of aromatic nitrogens is 2. The maximum Gasteiger partial charge on any atom is 0.340 e. The van der Waals surface area contributed by atoms with Crippen LogP contribution in [0.4, 0.5) is 0 Å². The minimum atomic E-state index is -0.970. The van der Waals surface area contributed by atoms with Gasteiger partial charge in [0.05, 0.1) is 5.69 Å². The Bertz CT molecular complexity index is 425. The van der Waals surface area contributed by atoms with E-state index in [0.29, 0.717) is 16.5 Å². The van der Waals surface area contributed by atoms with Crippen LogP contribution in [0.3, 0.4) is 0 Å². The van der Waals surface area contributed by atoms with E-state index < -0.39 is 5.97 Å². The molecule has 0 atom stereocenters. The van der Waals surface area contributed by atoms with Crippen LogP contribution in [0.1, 0.15) is 42.6 Å². The van der Waals surface area contributed by atoms with Crippen LogP contribution in [0.2, 0.25) is 0 Å². The van der Waals surface area contributed by atoms with E-state index in [1.807, 2.05) is 27.0 Å². The van der Waals surface area contributed by atoms with Gasteiger partial charge in [-0.2, -0.15) is 0 Å². The molecule has 16 heavy (non-hydrogen) atoms. The first kappa shape index (κ1) is 13.0. The molecule has 0 aliphatic heterocycles. The largest absolute Gasteiger partial charge is 0.478 e. The number of aryl methyl sites for hydroxylation is 1. The molecule has 0 aromatic carbocycles. The number of thioether (sulfide) groups is 1. The monoisotopic (exact) mass is 240 g/mol. The van der Waals surface area contributed by atoms with E-state index in [2.05, 4.69) is 9.97 Å². The van der Waals surface area contributed by atoms with Crippen molar-refractivity contribution in [2.75, 3.05) is 6.26 Å². The minimum absolute atomic E-state index is 0.174. The summed E-state index contributed by atoms with van der Waals surface area (Å²) in [5.74, 6) is -0.290. The molecular weight excluding hydrogens is 224 g/mol. The number of rotatable bonds is 2. The molecular formula is C11H16N2O2S. The predicted molar refractivity (Wildman–Crippen MR) is 64.2 cm³/mol. The summed E-state index contributed by atoms with van der Waals surface area (Å²) in [6, 6.07) is 0. The summed E-state index contributed by atoms with van der Waals surface area (Å²) in [6.45, 7) is 7.73. The number of aromatic carboxylic acids is 1. The van der Waals surface area contributed by atoms with Gasteiger partial charge in [0.2, 0.25) is 0 Å². The average Bonchev–Trinajstić information content (AvgIpc) is 2.14. The highest BCUT2D eigenvalue weighted by Gasteiger charge is 2.23. The number of hydrogen-bond donors (Lipinski definition) is 1. The molecule has 1 N–H and O–H groups in total. The molecule has 0 unspecified atom stereocenters. The van der Waals surface area contributed by atoms with Gasteiger partial charge in [-0.1, -0.05) is 20.8 Å². The fourth-order valence-electron chi connectivity index (χ4n) is 1.28. The Morgan fingerprint density at radius 2 is 1.88 bits per heavy atom. The van der Waals surface area contributed by atoms with Crippen molar-refractivity contribution in [2.45, 2.75) is 38.1 Å².